The van der Waals surface area contributed by atoms with E-state index in [9.17, 15) is 17.6 Å². The number of sulfone groups is 1. The minimum Gasteiger partial charge on any atom is -0.479 e. The van der Waals surface area contributed by atoms with E-state index in [1.807, 2.05) is 0 Å². The molecule has 3 aromatic carbocycles. The van der Waals surface area contributed by atoms with Gasteiger partial charge in [-0.2, -0.15) is 0 Å². The zero-order valence-electron chi connectivity index (χ0n) is 15.2. The Morgan fingerprint density at radius 1 is 1.00 bits per heavy atom. The zero-order chi connectivity index (χ0) is 21.2. The Kier molecular flexibility index (Phi) is 5.91. The number of carbonyl (C=O) groups is 1. The third-order valence-electron chi connectivity index (χ3n) is 4.19. The van der Waals surface area contributed by atoms with Gasteiger partial charge in [0.2, 0.25) is 9.84 Å². The highest BCUT2D eigenvalue weighted by atomic mass is 35.5. The molecule has 0 heterocycles. The van der Waals surface area contributed by atoms with E-state index < -0.39 is 27.7 Å². The van der Waals surface area contributed by atoms with Crippen LogP contribution in [0.15, 0.2) is 76.5 Å². The van der Waals surface area contributed by atoms with Crippen molar-refractivity contribution in [2.45, 2.75) is 22.8 Å². The van der Waals surface area contributed by atoms with Crippen molar-refractivity contribution in [2.75, 3.05) is 0 Å². The molecule has 0 aliphatic rings. The SMILES string of the molecule is C[C@H](Oc1ccc(Cl)cc1-c1ccc(S(=O)(=O)c2ccc(F)cc2)cc1)C(=O)O. The van der Waals surface area contributed by atoms with Gasteiger partial charge < -0.3 is 9.84 Å². The van der Waals surface area contributed by atoms with Gasteiger partial charge in [0.1, 0.15) is 11.6 Å². The molecular weight excluding hydrogens is 419 g/mol. The molecule has 29 heavy (non-hydrogen) atoms. The van der Waals surface area contributed by atoms with Gasteiger partial charge in [0.15, 0.2) is 6.10 Å². The predicted octanol–water partition coefficient (Wildman–Crippen LogP) is 4.83. The van der Waals surface area contributed by atoms with E-state index in [1.54, 1.807) is 30.3 Å². The number of carboxylic acids is 1. The van der Waals surface area contributed by atoms with Gasteiger partial charge in [-0.25, -0.2) is 17.6 Å². The molecule has 8 heteroatoms. The van der Waals surface area contributed by atoms with E-state index >= 15 is 0 Å². The lowest BCUT2D eigenvalue weighted by Gasteiger charge is -2.15. The fraction of sp³-hybridized carbons (Fsp3) is 0.0952. The third-order valence-corrected chi connectivity index (χ3v) is 6.21. The van der Waals surface area contributed by atoms with E-state index in [0.29, 0.717) is 21.9 Å². The summed E-state index contributed by atoms with van der Waals surface area (Å²) in [4.78, 5) is 11.1. The average Bonchev–Trinajstić information content (AvgIpc) is 2.69. The van der Waals surface area contributed by atoms with E-state index in [0.717, 1.165) is 12.1 Å². The predicted molar refractivity (Wildman–Crippen MR) is 106 cm³/mol. The van der Waals surface area contributed by atoms with Gasteiger partial charge in [-0.1, -0.05) is 23.7 Å². The number of halogens is 2. The van der Waals surface area contributed by atoms with Crippen molar-refractivity contribution in [3.05, 3.63) is 77.6 Å². The molecule has 0 fully saturated rings. The van der Waals surface area contributed by atoms with E-state index in [-0.39, 0.29) is 9.79 Å². The lowest BCUT2D eigenvalue weighted by Crippen LogP contribution is -2.23. The van der Waals surface area contributed by atoms with Gasteiger partial charge in [0, 0.05) is 10.6 Å². The van der Waals surface area contributed by atoms with E-state index in [1.165, 1.54) is 31.2 Å². The topological polar surface area (TPSA) is 80.7 Å². The number of ether oxygens (including phenoxy) is 1. The van der Waals surface area contributed by atoms with Gasteiger partial charge >= 0.3 is 5.97 Å². The van der Waals surface area contributed by atoms with Crippen molar-refractivity contribution < 1.29 is 27.4 Å². The van der Waals surface area contributed by atoms with E-state index in [4.69, 9.17) is 21.4 Å². The highest BCUT2D eigenvalue weighted by Crippen LogP contribution is 2.34. The summed E-state index contributed by atoms with van der Waals surface area (Å²) in [6.45, 7) is 1.40. The molecule has 3 rings (SSSR count). The Morgan fingerprint density at radius 2 is 1.55 bits per heavy atom. The first-order chi connectivity index (χ1) is 13.7. The van der Waals surface area contributed by atoms with Gasteiger partial charge in [-0.05, 0) is 67.1 Å². The highest BCUT2D eigenvalue weighted by Gasteiger charge is 2.19. The van der Waals surface area contributed by atoms with Gasteiger partial charge in [0.25, 0.3) is 0 Å². The molecule has 1 N–H and O–H groups in total. The second kappa shape index (κ2) is 8.23. The maximum atomic E-state index is 13.1. The first-order valence-electron chi connectivity index (χ1n) is 8.48. The van der Waals surface area contributed by atoms with Gasteiger partial charge in [0.05, 0.1) is 9.79 Å². The number of rotatable bonds is 6. The van der Waals surface area contributed by atoms with Crippen LogP contribution in [0.2, 0.25) is 5.02 Å². The fourth-order valence-corrected chi connectivity index (χ4v) is 4.07. The highest BCUT2D eigenvalue weighted by molar-refractivity contribution is 7.91. The van der Waals surface area contributed by atoms with Gasteiger partial charge in [-0.15, -0.1) is 0 Å². The molecule has 0 spiro atoms. The van der Waals surface area contributed by atoms with Crippen molar-refractivity contribution in [3.8, 4) is 16.9 Å². The molecule has 0 unspecified atom stereocenters. The van der Waals surface area contributed by atoms with Crippen molar-refractivity contribution in [1.29, 1.82) is 0 Å². The largest absolute Gasteiger partial charge is 0.479 e. The Morgan fingerprint density at radius 3 is 2.10 bits per heavy atom. The smallest absolute Gasteiger partial charge is 0.344 e. The van der Waals surface area contributed by atoms with Crippen LogP contribution < -0.4 is 4.74 Å². The van der Waals surface area contributed by atoms with Crippen molar-refractivity contribution in [1.82, 2.24) is 0 Å². The summed E-state index contributed by atoms with van der Waals surface area (Å²) in [7, 11) is -3.80. The lowest BCUT2D eigenvalue weighted by atomic mass is 10.0. The molecule has 0 saturated carbocycles. The molecule has 1 atom stereocenters. The van der Waals surface area contributed by atoms with Crippen molar-refractivity contribution in [3.63, 3.8) is 0 Å². The van der Waals surface area contributed by atoms with Crippen LogP contribution in [0.3, 0.4) is 0 Å². The Bertz CT molecular complexity index is 1140. The third kappa shape index (κ3) is 4.58. The van der Waals surface area contributed by atoms with Crippen LogP contribution in [0.4, 0.5) is 4.39 Å². The van der Waals surface area contributed by atoms with Crippen LogP contribution in [0, 0.1) is 5.82 Å². The quantitative estimate of drug-likeness (QED) is 0.562. The number of hydrogen-bond acceptors (Lipinski definition) is 4. The summed E-state index contributed by atoms with van der Waals surface area (Å²) in [5.41, 5.74) is 1.12. The summed E-state index contributed by atoms with van der Waals surface area (Å²) in [6, 6.07) is 15.3. The molecular formula is C21H16ClFO5S. The van der Waals surface area contributed by atoms with Crippen LogP contribution in [0.25, 0.3) is 11.1 Å². The van der Waals surface area contributed by atoms with Gasteiger partial charge in [-0.3, -0.25) is 0 Å². The van der Waals surface area contributed by atoms with Crippen LogP contribution in [-0.4, -0.2) is 25.6 Å². The second-order valence-corrected chi connectivity index (χ2v) is 8.61. The lowest BCUT2D eigenvalue weighted by molar-refractivity contribution is -0.144. The van der Waals surface area contributed by atoms with Crippen molar-refractivity contribution >= 4 is 27.4 Å². The Labute approximate surface area is 172 Å². The molecule has 0 saturated heterocycles. The van der Waals surface area contributed by atoms with Crippen LogP contribution in [-0.2, 0) is 14.6 Å². The summed E-state index contributed by atoms with van der Waals surface area (Å²) >= 11 is 6.06. The van der Waals surface area contributed by atoms with E-state index in [2.05, 4.69) is 0 Å². The molecule has 0 aromatic heterocycles. The number of benzene rings is 3. The molecule has 0 amide bonds. The molecule has 0 bridgehead atoms. The number of hydrogen-bond donors (Lipinski definition) is 1. The van der Waals surface area contributed by atoms with Crippen LogP contribution in [0.5, 0.6) is 5.75 Å². The molecule has 150 valence electrons. The Balaban J connectivity index is 1.97. The molecule has 0 aliphatic carbocycles. The summed E-state index contributed by atoms with van der Waals surface area (Å²) in [6.07, 6.45) is -1.08. The first kappa shape index (κ1) is 20.8. The molecule has 0 radical (unpaired) electrons. The maximum Gasteiger partial charge on any atom is 0.344 e. The number of aliphatic carboxylic acids is 1. The molecule has 5 nitrogen and oxygen atoms in total. The minimum absolute atomic E-state index is 0.0197. The molecule has 0 aliphatic heterocycles. The van der Waals surface area contributed by atoms with Crippen LogP contribution in [0.1, 0.15) is 6.92 Å². The van der Waals surface area contributed by atoms with Crippen LogP contribution >= 0.6 is 11.6 Å². The second-order valence-electron chi connectivity index (χ2n) is 6.22. The monoisotopic (exact) mass is 434 g/mol. The average molecular weight is 435 g/mol. The normalized spacial score (nSPS) is 12.4. The number of carboxylic acid groups (broad SMARTS) is 1. The zero-order valence-corrected chi connectivity index (χ0v) is 16.7. The maximum absolute atomic E-state index is 13.1. The summed E-state index contributed by atoms with van der Waals surface area (Å²) < 4.78 is 44.0. The summed E-state index contributed by atoms with van der Waals surface area (Å²) in [5, 5.41) is 9.48. The van der Waals surface area contributed by atoms with Crippen molar-refractivity contribution in [2.24, 2.45) is 0 Å². The summed E-state index contributed by atoms with van der Waals surface area (Å²) in [5.74, 6) is -1.34. The molecule has 3 aromatic rings. The standard InChI is InChI=1S/C21H16ClFO5S/c1-13(21(24)25)28-20-11-4-15(22)12-19(20)14-2-7-17(8-3-14)29(26,27)18-9-5-16(23)6-10-18/h2-13H,1H3,(H,24,25)/t13-/m0/s1. The first-order valence-corrected chi connectivity index (χ1v) is 10.3. The minimum atomic E-state index is -3.80. The fourth-order valence-electron chi connectivity index (χ4n) is 2.63. The Hall–Kier alpha value is -2.90.